The number of alkyl carbamates (subject to hydrolysis) is 1. The molecule has 168 valence electrons. The minimum Gasteiger partial charge on any atom is -0.467 e. The van der Waals surface area contributed by atoms with E-state index < -0.39 is 41.4 Å². The van der Waals surface area contributed by atoms with Crippen LogP contribution >= 0.6 is 0 Å². The summed E-state index contributed by atoms with van der Waals surface area (Å²) in [6.07, 6.45) is 3.01. The maximum absolute atomic E-state index is 12.8. The normalized spacial score (nSPS) is 17.3. The molecular formula is C23H30N2O6. The van der Waals surface area contributed by atoms with E-state index in [1.54, 1.807) is 20.8 Å². The number of hydrogen-bond donors (Lipinski definition) is 1. The molecule has 1 aromatic rings. The van der Waals surface area contributed by atoms with Crippen LogP contribution in [0.1, 0.15) is 39.2 Å². The number of rotatable bonds is 7. The number of amides is 2. The Morgan fingerprint density at radius 3 is 2.45 bits per heavy atom. The number of methoxy groups -OCH3 is 1. The largest absolute Gasteiger partial charge is 0.467 e. The molecule has 8 nitrogen and oxygen atoms in total. The summed E-state index contributed by atoms with van der Waals surface area (Å²) < 4.78 is 10.0. The van der Waals surface area contributed by atoms with Gasteiger partial charge in [-0.05, 0) is 45.3 Å². The summed E-state index contributed by atoms with van der Waals surface area (Å²) in [6.45, 7) is 5.60. The molecule has 1 N–H and O–H groups in total. The number of nitrogens with zero attached hydrogens (tertiary/aromatic N) is 1. The van der Waals surface area contributed by atoms with Crippen molar-refractivity contribution in [2.75, 3.05) is 13.7 Å². The molecule has 2 rings (SSSR count). The Hall–Kier alpha value is -3.16. The predicted molar refractivity (Wildman–Crippen MR) is 114 cm³/mol. The SMILES string of the molecule is COC(=O)[C@@H]1CCCN1C(=O)/C=C/C(=O)[C@H](Cc1ccccc1)NC(=O)OC(C)(C)C. The molecule has 1 fully saturated rings. The van der Waals surface area contributed by atoms with Gasteiger partial charge in [0, 0.05) is 19.0 Å². The Kier molecular flexibility index (Phi) is 8.36. The third-order valence-corrected chi connectivity index (χ3v) is 4.72. The Morgan fingerprint density at radius 2 is 1.84 bits per heavy atom. The summed E-state index contributed by atoms with van der Waals surface area (Å²) in [7, 11) is 1.28. The maximum atomic E-state index is 12.8. The summed E-state index contributed by atoms with van der Waals surface area (Å²) in [5.41, 5.74) is 0.136. The Bertz CT molecular complexity index is 828. The van der Waals surface area contributed by atoms with Crippen molar-refractivity contribution in [3.05, 3.63) is 48.0 Å². The highest BCUT2D eigenvalue weighted by Crippen LogP contribution is 2.19. The van der Waals surface area contributed by atoms with Gasteiger partial charge in [-0.15, -0.1) is 0 Å². The Balaban J connectivity index is 2.11. The Labute approximate surface area is 182 Å². The molecule has 2 atom stereocenters. The van der Waals surface area contributed by atoms with Gasteiger partial charge in [-0.3, -0.25) is 9.59 Å². The highest BCUT2D eigenvalue weighted by molar-refractivity contribution is 6.02. The average molecular weight is 431 g/mol. The van der Waals surface area contributed by atoms with Crippen LogP contribution in [-0.4, -0.2) is 60.0 Å². The lowest BCUT2D eigenvalue weighted by Gasteiger charge is -2.23. The maximum Gasteiger partial charge on any atom is 0.408 e. The van der Waals surface area contributed by atoms with Crippen LogP contribution in [0.25, 0.3) is 0 Å². The molecule has 1 aromatic carbocycles. The lowest BCUT2D eigenvalue weighted by molar-refractivity contribution is -0.149. The van der Waals surface area contributed by atoms with E-state index in [9.17, 15) is 19.2 Å². The number of hydrogen-bond acceptors (Lipinski definition) is 6. The zero-order chi connectivity index (χ0) is 23.0. The third-order valence-electron chi connectivity index (χ3n) is 4.72. The molecule has 8 heteroatoms. The summed E-state index contributed by atoms with van der Waals surface area (Å²) in [6, 6.07) is 7.67. The lowest BCUT2D eigenvalue weighted by Crippen LogP contribution is -2.44. The van der Waals surface area contributed by atoms with Crippen molar-refractivity contribution in [2.45, 2.75) is 57.7 Å². The molecule has 0 aliphatic carbocycles. The Morgan fingerprint density at radius 1 is 1.16 bits per heavy atom. The second kappa shape index (κ2) is 10.7. The molecule has 0 saturated carbocycles. The molecule has 0 aromatic heterocycles. The standard InChI is InChI=1S/C23H30N2O6/c1-23(2,3)31-22(29)24-17(15-16-9-6-5-7-10-16)19(26)12-13-20(27)25-14-8-11-18(25)21(28)30-4/h5-7,9-10,12-13,17-18H,8,11,14-15H2,1-4H3,(H,24,29)/b13-12+/t17-,18-/m0/s1. The van der Waals surface area contributed by atoms with E-state index >= 15 is 0 Å². The third kappa shape index (κ3) is 7.55. The van der Waals surface area contributed by atoms with Crippen LogP contribution in [0, 0.1) is 0 Å². The molecule has 0 spiro atoms. The van der Waals surface area contributed by atoms with Gasteiger partial charge in [0.25, 0.3) is 0 Å². The van der Waals surface area contributed by atoms with Gasteiger partial charge >= 0.3 is 12.1 Å². The molecule has 2 amide bonds. The number of ether oxygens (including phenoxy) is 2. The van der Waals surface area contributed by atoms with Gasteiger partial charge in [0.05, 0.1) is 13.2 Å². The van der Waals surface area contributed by atoms with Crippen LogP contribution in [-0.2, 0) is 30.3 Å². The van der Waals surface area contributed by atoms with Crippen LogP contribution in [0.2, 0.25) is 0 Å². The fourth-order valence-corrected chi connectivity index (χ4v) is 3.30. The predicted octanol–water partition coefficient (Wildman–Crippen LogP) is 2.41. The number of carbonyl (C=O) groups is 4. The van der Waals surface area contributed by atoms with Gasteiger partial charge in [-0.1, -0.05) is 30.3 Å². The van der Waals surface area contributed by atoms with Crippen molar-refractivity contribution >= 4 is 23.8 Å². The summed E-state index contributed by atoms with van der Waals surface area (Å²) in [5, 5.41) is 2.59. The summed E-state index contributed by atoms with van der Waals surface area (Å²) >= 11 is 0. The molecule has 0 bridgehead atoms. The highest BCUT2D eigenvalue weighted by atomic mass is 16.6. The molecule has 31 heavy (non-hydrogen) atoms. The molecule has 1 aliphatic rings. The first kappa shape index (κ1) is 24.1. The highest BCUT2D eigenvalue weighted by Gasteiger charge is 2.34. The van der Waals surface area contributed by atoms with E-state index in [-0.39, 0.29) is 6.42 Å². The van der Waals surface area contributed by atoms with Crippen molar-refractivity contribution in [1.29, 1.82) is 0 Å². The van der Waals surface area contributed by atoms with Gasteiger partial charge in [0.1, 0.15) is 11.6 Å². The smallest absolute Gasteiger partial charge is 0.408 e. The number of likely N-dealkylation sites (tertiary alicyclic amines) is 1. The fourth-order valence-electron chi connectivity index (χ4n) is 3.30. The van der Waals surface area contributed by atoms with Gasteiger partial charge < -0.3 is 19.7 Å². The van der Waals surface area contributed by atoms with E-state index in [4.69, 9.17) is 9.47 Å². The quantitative estimate of drug-likeness (QED) is 0.527. The number of ketones is 1. The molecule has 1 heterocycles. The van der Waals surface area contributed by atoms with Gasteiger partial charge in [-0.25, -0.2) is 9.59 Å². The average Bonchev–Trinajstić information content (AvgIpc) is 3.20. The topological polar surface area (TPSA) is 102 Å². The van der Waals surface area contributed by atoms with Gasteiger partial charge in [-0.2, -0.15) is 0 Å². The van der Waals surface area contributed by atoms with E-state index in [1.165, 1.54) is 12.0 Å². The van der Waals surface area contributed by atoms with E-state index in [2.05, 4.69) is 5.32 Å². The van der Waals surface area contributed by atoms with E-state index in [0.29, 0.717) is 19.4 Å². The number of carbonyl (C=O) groups excluding carboxylic acids is 4. The van der Waals surface area contributed by atoms with Crippen LogP contribution in [0.4, 0.5) is 4.79 Å². The molecular weight excluding hydrogens is 400 g/mol. The van der Waals surface area contributed by atoms with Gasteiger partial charge in [0.15, 0.2) is 5.78 Å². The molecule has 1 aliphatic heterocycles. The number of nitrogens with one attached hydrogen (secondary N) is 1. The first-order valence-electron chi connectivity index (χ1n) is 10.2. The number of benzene rings is 1. The van der Waals surface area contributed by atoms with Crippen molar-refractivity contribution in [1.82, 2.24) is 10.2 Å². The fraction of sp³-hybridized carbons (Fsp3) is 0.478. The van der Waals surface area contributed by atoms with Crippen LogP contribution in [0.5, 0.6) is 0 Å². The van der Waals surface area contributed by atoms with Crippen molar-refractivity contribution in [2.24, 2.45) is 0 Å². The molecule has 0 unspecified atom stereocenters. The van der Waals surface area contributed by atoms with Crippen molar-refractivity contribution < 1.29 is 28.7 Å². The summed E-state index contributed by atoms with van der Waals surface area (Å²) in [4.78, 5) is 50.8. The number of esters is 1. The van der Waals surface area contributed by atoms with E-state index in [0.717, 1.165) is 17.7 Å². The minimum atomic E-state index is -0.906. The van der Waals surface area contributed by atoms with Crippen LogP contribution < -0.4 is 5.32 Å². The van der Waals surface area contributed by atoms with Crippen molar-refractivity contribution in [3.63, 3.8) is 0 Å². The van der Waals surface area contributed by atoms with Gasteiger partial charge in [0.2, 0.25) is 5.91 Å². The first-order chi connectivity index (χ1) is 14.6. The molecule has 0 radical (unpaired) electrons. The van der Waals surface area contributed by atoms with Crippen molar-refractivity contribution in [3.8, 4) is 0 Å². The second-order valence-corrected chi connectivity index (χ2v) is 8.34. The minimum absolute atomic E-state index is 0.242. The lowest BCUT2D eigenvalue weighted by atomic mass is 10.0. The van der Waals surface area contributed by atoms with Crippen LogP contribution in [0.15, 0.2) is 42.5 Å². The van der Waals surface area contributed by atoms with E-state index in [1.807, 2.05) is 30.3 Å². The zero-order valence-electron chi connectivity index (χ0n) is 18.4. The summed E-state index contributed by atoms with van der Waals surface area (Å²) in [5.74, 6) is -1.37. The van der Waals surface area contributed by atoms with Crippen LogP contribution in [0.3, 0.4) is 0 Å². The monoisotopic (exact) mass is 430 g/mol. The first-order valence-corrected chi connectivity index (χ1v) is 10.2. The second-order valence-electron chi connectivity index (χ2n) is 8.34. The zero-order valence-corrected chi connectivity index (χ0v) is 18.4. The molecule has 1 saturated heterocycles.